The first-order valence-corrected chi connectivity index (χ1v) is 7.16. The second kappa shape index (κ2) is 5.49. The van der Waals surface area contributed by atoms with Crippen LogP contribution in [0.15, 0.2) is 30.7 Å². The molecule has 0 unspecified atom stereocenters. The Hall–Kier alpha value is -2.48. The molecular formula is C16H16N4O. The van der Waals surface area contributed by atoms with Crippen LogP contribution in [0.2, 0.25) is 0 Å². The van der Waals surface area contributed by atoms with Gasteiger partial charge in [0.15, 0.2) is 0 Å². The number of fused-ring (bicyclic) bond motifs is 1. The van der Waals surface area contributed by atoms with E-state index in [0.717, 1.165) is 43.0 Å². The average Bonchev–Trinajstić information content (AvgIpc) is 2.55. The van der Waals surface area contributed by atoms with Crippen LogP contribution in [0.4, 0.5) is 0 Å². The van der Waals surface area contributed by atoms with Gasteiger partial charge in [-0.05, 0) is 25.0 Å². The van der Waals surface area contributed by atoms with E-state index in [0.29, 0.717) is 5.56 Å². The van der Waals surface area contributed by atoms with E-state index in [-0.39, 0.29) is 5.91 Å². The third kappa shape index (κ3) is 2.70. The summed E-state index contributed by atoms with van der Waals surface area (Å²) in [4.78, 5) is 20.6. The van der Waals surface area contributed by atoms with E-state index in [1.807, 2.05) is 6.07 Å². The van der Waals surface area contributed by atoms with Crippen molar-refractivity contribution in [1.29, 1.82) is 5.26 Å². The second-order valence-electron chi connectivity index (χ2n) is 5.50. The Balaban J connectivity index is 1.85. The number of nitrogens with one attached hydrogen (secondary N) is 1. The Morgan fingerprint density at radius 1 is 1.29 bits per heavy atom. The Labute approximate surface area is 123 Å². The molecule has 0 atom stereocenters. The SMILES string of the molecule is N#CC1(NC(=O)c2cnc3cnccc3c2)CCCCC1. The van der Waals surface area contributed by atoms with Gasteiger partial charge in [0.05, 0.1) is 23.3 Å². The van der Waals surface area contributed by atoms with E-state index in [9.17, 15) is 10.1 Å². The number of carbonyl (C=O) groups is 1. The van der Waals surface area contributed by atoms with Gasteiger partial charge in [0.1, 0.15) is 5.54 Å². The molecule has 1 fully saturated rings. The number of nitrogens with zero attached hydrogens (tertiary/aromatic N) is 3. The zero-order valence-corrected chi connectivity index (χ0v) is 11.7. The van der Waals surface area contributed by atoms with Gasteiger partial charge in [0, 0.05) is 17.8 Å². The monoisotopic (exact) mass is 280 g/mol. The maximum absolute atomic E-state index is 12.4. The molecule has 0 aliphatic heterocycles. The Bertz CT molecular complexity index is 714. The third-order valence-electron chi connectivity index (χ3n) is 4.02. The van der Waals surface area contributed by atoms with E-state index in [1.165, 1.54) is 6.20 Å². The Morgan fingerprint density at radius 2 is 2.10 bits per heavy atom. The zero-order chi connectivity index (χ0) is 14.7. The summed E-state index contributed by atoms with van der Waals surface area (Å²) in [6, 6.07) is 5.90. The molecule has 0 saturated heterocycles. The van der Waals surface area contributed by atoms with Crippen LogP contribution in [0.1, 0.15) is 42.5 Å². The van der Waals surface area contributed by atoms with Gasteiger partial charge in [-0.15, -0.1) is 0 Å². The van der Waals surface area contributed by atoms with Crippen molar-refractivity contribution in [2.24, 2.45) is 0 Å². The quantitative estimate of drug-likeness (QED) is 0.917. The van der Waals surface area contributed by atoms with Crippen molar-refractivity contribution in [2.75, 3.05) is 0 Å². The maximum Gasteiger partial charge on any atom is 0.254 e. The Morgan fingerprint density at radius 3 is 2.86 bits per heavy atom. The van der Waals surface area contributed by atoms with Gasteiger partial charge in [-0.3, -0.25) is 14.8 Å². The van der Waals surface area contributed by atoms with Crippen molar-refractivity contribution in [3.05, 3.63) is 36.3 Å². The number of hydrogen-bond acceptors (Lipinski definition) is 4. The third-order valence-corrected chi connectivity index (χ3v) is 4.02. The summed E-state index contributed by atoms with van der Waals surface area (Å²) in [5, 5.41) is 13.2. The van der Waals surface area contributed by atoms with Gasteiger partial charge in [0.2, 0.25) is 0 Å². The van der Waals surface area contributed by atoms with Crippen LogP contribution in [0.3, 0.4) is 0 Å². The van der Waals surface area contributed by atoms with Crippen LogP contribution < -0.4 is 5.32 Å². The minimum Gasteiger partial charge on any atom is -0.334 e. The van der Waals surface area contributed by atoms with Crippen molar-refractivity contribution in [1.82, 2.24) is 15.3 Å². The lowest BCUT2D eigenvalue weighted by molar-refractivity contribution is 0.0902. The van der Waals surface area contributed by atoms with Crippen LogP contribution in [-0.4, -0.2) is 21.4 Å². The number of nitriles is 1. The molecule has 2 heterocycles. The Kier molecular flexibility index (Phi) is 3.53. The molecule has 0 aromatic carbocycles. The largest absolute Gasteiger partial charge is 0.334 e. The minimum atomic E-state index is -0.720. The lowest BCUT2D eigenvalue weighted by atomic mass is 9.82. The summed E-state index contributed by atoms with van der Waals surface area (Å²) in [7, 11) is 0. The van der Waals surface area contributed by atoms with E-state index in [2.05, 4.69) is 21.4 Å². The fourth-order valence-electron chi connectivity index (χ4n) is 2.80. The van der Waals surface area contributed by atoms with E-state index >= 15 is 0 Å². The summed E-state index contributed by atoms with van der Waals surface area (Å²) in [6.07, 6.45) is 9.40. The van der Waals surface area contributed by atoms with Crippen LogP contribution in [0, 0.1) is 11.3 Å². The molecule has 106 valence electrons. The second-order valence-corrected chi connectivity index (χ2v) is 5.50. The predicted molar refractivity (Wildman–Crippen MR) is 78.4 cm³/mol. The van der Waals surface area contributed by atoms with Gasteiger partial charge in [-0.25, -0.2) is 0 Å². The number of aromatic nitrogens is 2. The normalized spacial score (nSPS) is 17.1. The van der Waals surface area contributed by atoms with Gasteiger partial charge < -0.3 is 5.32 Å². The van der Waals surface area contributed by atoms with E-state index in [1.54, 1.807) is 18.5 Å². The van der Waals surface area contributed by atoms with Crippen LogP contribution in [0.25, 0.3) is 10.9 Å². The molecule has 0 bridgehead atoms. The summed E-state index contributed by atoms with van der Waals surface area (Å²) in [5.74, 6) is -0.232. The molecule has 1 amide bonds. The highest BCUT2D eigenvalue weighted by Gasteiger charge is 2.33. The molecule has 1 saturated carbocycles. The number of rotatable bonds is 2. The van der Waals surface area contributed by atoms with Crippen LogP contribution >= 0.6 is 0 Å². The number of hydrogen-bond donors (Lipinski definition) is 1. The fourth-order valence-corrected chi connectivity index (χ4v) is 2.80. The van der Waals surface area contributed by atoms with Crippen molar-refractivity contribution in [2.45, 2.75) is 37.6 Å². The molecule has 2 aromatic heterocycles. The topological polar surface area (TPSA) is 78.7 Å². The van der Waals surface area contributed by atoms with Gasteiger partial charge in [-0.1, -0.05) is 19.3 Å². The zero-order valence-electron chi connectivity index (χ0n) is 11.7. The van der Waals surface area contributed by atoms with Crippen molar-refractivity contribution in [3.63, 3.8) is 0 Å². The molecule has 1 aliphatic carbocycles. The summed E-state index contributed by atoms with van der Waals surface area (Å²) < 4.78 is 0. The first kappa shape index (κ1) is 13.5. The van der Waals surface area contributed by atoms with Crippen molar-refractivity contribution in [3.8, 4) is 6.07 Å². The molecule has 5 heteroatoms. The van der Waals surface area contributed by atoms with Crippen LogP contribution in [0.5, 0.6) is 0 Å². The minimum absolute atomic E-state index is 0.232. The standard InChI is InChI=1S/C16H16N4O/c17-11-16(5-2-1-3-6-16)20-15(21)13-8-12-4-7-18-10-14(12)19-9-13/h4,7-10H,1-3,5-6H2,(H,20,21). The van der Waals surface area contributed by atoms with Gasteiger partial charge in [-0.2, -0.15) is 5.26 Å². The molecule has 0 spiro atoms. The maximum atomic E-state index is 12.4. The molecule has 3 rings (SSSR count). The summed E-state index contributed by atoms with van der Waals surface area (Å²) >= 11 is 0. The number of amides is 1. The molecule has 1 N–H and O–H groups in total. The van der Waals surface area contributed by atoms with Crippen molar-refractivity contribution >= 4 is 16.8 Å². The molecular weight excluding hydrogens is 264 g/mol. The highest BCUT2D eigenvalue weighted by molar-refractivity contribution is 5.97. The molecule has 1 aliphatic rings. The number of pyridine rings is 2. The summed E-state index contributed by atoms with van der Waals surface area (Å²) in [6.45, 7) is 0. The van der Waals surface area contributed by atoms with Gasteiger partial charge in [0.25, 0.3) is 5.91 Å². The highest BCUT2D eigenvalue weighted by Crippen LogP contribution is 2.28. The van der Waals surface area contributed by atoms with Crippen molar-refractivity contribution < 1.29 is 4.79 Å². The first-order valence-electron chi connectivity index (χ1n) is 7.16. The number of carbonyl (C=O) groups excluding carboxylic acids is 1. The van der Waals surface area contributed by atoms with Crippen LogP contribution in [-0.2, 0) is 0 Å². The first-order chi connectivity index (χ1) is 10.2. The molecule has 2 aromatic rings. The highest BCUT2D eigenvalue weighted by atomic mass is 16.1. The fraction of sp³-hybridized carbons (Fsp3) is 0.375. The van der Waals surface area contributed by atoms with E-state index in [4.69, 9.17) is 0 Å². The lowest BCUT2D eigenvalue weighted by Crippen LogP contribution is -2.48. The molecule has 21 heavy (non-hydrogen) atoms. The van der Waals surface area contributed by atoms with Gasteiger partial charge >= 0.3 is 0 Å². The molecule has 5 nitrogen and oxygen atoms in total. The predicted octanol–water partition coefficient (Wildman–Crippen LogP) is 2.59. The lowest BCUT2D eigenvalue weighted by Gasteiger charge is -2.31. The summed E-state index contributed by atoms with van der Waals surface area (Å²) in [5.41, 5.74) is 0.512. The smallest absolute Gasteiger partial charge is 0.254 e. The van der Waals surface area contributed by atoms with E-state index < -0.39 is 5.54 Å². The molecule has 0 radical (unpaired) electrons. The average molecular weight is 280 g/mol.